The van der Waals surface area contributed by atoms with E-state index in [0.717, 1.165) is 0 Å². The average Bonchev–Trinajstić information content (AvgIpc) is 3.08. The number of hydrogen-bond donors (Lipinski definition) is 3. The molecule has 1 aromatic carbocycles. The van der Waals surface area contributed by atoms with E-state index in [1.165, 1.54) is 12.1 Å². The Hall–Kier alpha value is -2.67. The van der Waals surface area contributed by atoms with Crippen LogP contribution >= 0.6 is 0 Å². The Morgan fingerprint density at radius 1 is 1.00 bits per heavy atom. The van der Waals surface area contributed by atoms with Gasteiger partial charge in [-0.25, -0.2) is 4.79 Å². The second kappa shape index (κ2) is 5.27. The Morgan fingerprint density at radius 3 is 2.27 bits per heavy atom. The largest absolute Gasteiger partial charge is 0.481 e. The van der Waals surface area contributed by atoms with Crippen LogP contribution < -0.4 is 5.32 Å². The van der Waals surface area contributed by atoms with Crippen LogP contribution in [0.5, 0.6) is 0 Å². The van der Waals surface area contributed by atoms with Gasteiger partial charge in [0.1, 0.15) is 5.92 Å². The first-order valence-electron chi connectivity index (χ1n) is 6.69. The highest BCUT2D eigenvalue weighted by Crippen LogP contribution is 2.40. The summed E-state index contributed by atoms with van der Waals surface area (Å²) < 4.78 is 5.43. The molecule has 2 aliphatic heterocycles. The van der Waals surface area contributed by atoms with Gasteiger partial charge in [0.2, 0.25) is 5.91 Å². The van der Waals surface area contributed by atoms with Crippen LogP contribution in [0.2, 0.25) is 0 Å². The Bertz CT molecular complexity index is 682. The van der Waals surface area contributed by atoms with Crippen LogP contribution in [0.4, 0.5) is 5.69 Å². The first-order chi connectivity index (χ1) is 10.5. The van der Waals surface area contributed by atoms with Crippen LogP contribution in [-0.2, 0) is 14.3 Å². The van der Waals surface area contributed by atoms with Crippen LogP contribution in [-0.4, -0.2) is 40.3 Å². The quantitative estimate of drug-likeness (QED) is 0.715. The summed E-state index contributed by atoms with van der Waals surface area (Å²) in [6.45, 7) is 0. The molecule has 4 atom stereocenters. The van der Waals surface area contributed by atoms with Gasteiger partial charge in [-0.1, -0.05) is 24.3 Å². The summed E-state index contributed by atoms with van der Waals surface area (Å²) in [7, 11) is 0. The summed E-state index contributed by atoms with van der Waals surface area (Å²) in [5.41, 5.74) is 0.0817. The molecule has 2 aliphatic rings. The van der Waals surface area contributed by atoms with Crippen molar-refractivity contribution in [1.29, 1.82) is 0 Å². The minimum absolute atomic E-state index is 0.0534. The number of benzene rings is 1. The number of carbonyl (C=O) groups excluding carboxylic acids is 1. The smallest absolute Gasteiger partial charge is 0.337 e. The molecule has 2 heterocycles. The first-order valence-corrected chi connectivity index (χ1v) is 6.69. The van der Waals surface area contributed by atoms with E-state index in [4.69, 9.17) is 9.84 Å². The van der Waals surface area contributed by atoms with Gasteiger partial charge in [-0.3, -0.25) is 9.59 Å². The predicted molar refractivity (Wildman–Crippen MR) is 74.4 cm³/mol. The van der Waals surface area contributed by atoms with Crippen LogP contribution in [0.15, 0.2) is 36.4 Å². The van der Waals surface area contributed by atoms with Crippen molar-refractivity contribution < 1.29 is 29.3 Å². The molecule has 0 aliphatic carbocycles. The molecule has 3 N–H and O–H groups in total. The van der Waals surface area contributed by atoms with Gasteiger partial charge in [-0.2, -0.15) is 0 Å². The summed E-state index contributed by atoms with van der Waals surface area (Å²) in [5, 5.41) is 20.9. The van der Waals surface area contributed by atoms with E-state index in [9.17, 15) is 19.5 Å². The number of rotatable bonds is 4. The molecule has 7 nitrogen and oxygen atoms in total. The van der Waals surface area contributed by atoms with Crippen LogP contribution in [0.25, 0.3) is 0 Å². The second-order valence-electron chi connectivity index (χ2n) is 5.18. The third kappa shape index (κ3) is 2.25. The number of hydrogen-bond acceptors (Lipinski definition) is 4. The number of aromatic carboxylic acids is 1. The molecular formula is C15H13NO6. The summed E-state index contributed by atoms with van der Waals surface area (Å²) in [5.74, 6) is -4.68. The minimum Gasteiger partial charge on any atom is -0.481 e. The topological polar surface area (TPSA) is 113 Å². The number of aliphatic carboxylic acids is 1. The first kappa shape index (κ1) is 14.3. The van der Waals surface area contributed by atoms with Gasteiger partial charge in [0.25, 0.3) is 0 Å². The number of ether oxygens (including phenoxy) is 1. The number of nitrogens with one attached hydrogen (secondary N) is 1. The Balaban J connectivity index is 1.85. The van der Waals surface area contributed by atoms with Crippen molar-refractivity contribution in [2.24, 2.45) is 11.8 Å². The lowest BCUT2D eigenvalue weighted by Gasteiger charge is -2.21. The fourth-order valence-electron chi connectivity index (χ4n) is 2.91. The fraction of sp³-hybridized carbons (Fsp3) is 0.267. The van der Waals surface area contributed by atoms with Crippen molar-refractivity contribution in [1.82, 2.24) is 0 Å². The molecule has 0 unspecified atom stereocenters. The molecule has 0 aromatic heterocycles. The SMILES string of the molecule is O=C(O)c1ccccc1NC(=O)[C@@H]1[C@@H](C(=O)O)[C@H]2C=C[C@@H]1O2. The maximum Gasteiger partial charge on any atom is 0.337 e. The molecule has 1 aromatic rings. The van der Waals surface area contributed by atoms with Crippen molar-refractivity contribution in [2.45, 2.75) is 12.2 Å². The Kier molecular flexibility index (Phi) is 3.42. The van der Waals surface area contributed by atoms with Crippen molar-refractivity contribution in [2.75, 3.05) is 5.32 Å². The molecule has 1 fully saturated rings. The lowest BCUT2D eigenvalue weighted by atomic mass is 9.82. The number of anilines is 1. The van der Waals surface area contributed by atoms with Crippen molar-refractivity contribution in [3.63, 3.8) is 0 Å². The van der Waals surface area contributed by atoms with E-state index in [1.54, 1.807) is 24.3 Å². The van der Waals surface area contributed by atoms with E-state index in [-0.39, 0.29) is 11.3 Å². The van der Waals surface area contributed by atoms with Gasteiger partial charge < -0.3 is 20.3 Å². The standard InChI is InChI=1S/C15H13NO6/c17-13(16-8-4-2-1-3-7(8)14(18)19)11-9-5-6-10(22-9)12(11)15(20)21/h1-6,9-12H,(H,16,17)(H,18,19)(H,20,21)/t9-,10+,11-,12-/m0/s1. The van der Waals surface area contributed by atoms with Gasteiger partial charge in [0, 0.05) is 0 Å². The Labute approximate surface area is 125 Å². The van der Waals surface area contributed by atoms with E-state index < -0.39 is 41.9 Å². The van der Waals surface area contributed by atoms with E-state index in [0.29, 0.717) is 0 Å². The van der Waals surface area contributed by atoms with Crippen LogP contribution in [0.3, 0.4) is 0 Å². The number of carboxylic acid groups (broad SMARTS) is 2. The molecule has 3 rings (SSSR count). The van der Waals surface area contributed by atoms with Crippen molar-refractivity contribution in [3.05, 3.63) is 42.0 Å². The van der Waals surface area contributed by atoms with Gasteiger partial charge in [0.05, 0.1) is 29.4 Å². The van der Waals surface area contributed by atoms with Crippen molar-refractivity contribution in [3.8, 4) is 0 Å². The highest BCUT2D eigenvalue weighted by Gasteiger charge is 2.53. The number of amides is 1. The molecule has 1 amide bonds. The minimum atomic E-state index is -1.17. The summed E-state index contributed by atoms with van der Waals surface area (Å²) in [4.78, 5) is 34.9. The molecule has 7 heteroatoms. The number of carbonyl (C=O) groups is 3. The number of fused-ring (bicyclic) bond motifs is 2. The second-order valence-corrected chi connectivity index (χ2v) is 5.18. The number of para-hydroxylation sites is 1. The molecule has 1 saturated heterocycles. The average molecular weight is 303 g/mol. The zero-order valence-electron chi connectivity index (χ0n) is 11.3. The molecule has 0 radical (unpaired) electrons. The van der Waals surface area contributed by atoms with Crippen molar-refractivity contribution >= 4 is 23.5 Å². The molecule has 114 valence electrons. The van der Waals surface area contributed by atoms with Crippen LogP contribution in [0, 0.1) is 11.8 Å². The van der Waals surface area contributed by atoms with Gasteiger partial charge in [-0.15, -0.1) is 0 Å². The maximum absolute atomic E-state index is 12.4. The summed E-state index contributed by atoms with van der Waals surface area (Å²) in [6, 6.07) is 5.96. The third-order valence-corrected chi connectivity index (χ3v) is 3.90. The van der Waals surface area contributed by atoms with Gasteiger partial charge >= 0.3 is 11.9 Å². The zero-order valence-corrected chi connectivity index (χ0v) is 11.3. The highest BCUT2D eigenvalue weighted by molar-refractivity contribution is 6.02. The normalized spacial score (nSPS) is 28.5. The monoisotopic (exact) mass is 303 g/mol. The van der Waals surface area contributed by atoms with Gasteiger partial charge in [-0.05, 0) is 12.1 Å². The molecule has 22 heavy (non-hydrogen) atoms. The fourth-order valence-corrected chi connectivity index (χ4v) is 2.91. The third-order valence-electron chi connectivity index (χ3n) is 3.90. The van der Waals surface area contributed by atoms with E-state index in [2.05, 4.69) is 5.32 Å². The van der Waals surface area contributed by atoms with Crippen LogP contribution in [0.1, 0.15) is 10.4 Å². The highest BCUT2D eigenvalue weighted by atomic mass is 16.5. The zero-order chi connectivity index (χ0) is 15.9. The maximum atomic E-state index is 12.4. The lowest BCUT2D eigenvalue weighted by Crippen LogP contribution is -2.39. The summed E-state index contributed by atoms with van der Waals surface area (Å²) >= 11 is 0. The predicted octanol–water partition coefficient (Wildman–Crippen LogP) is 0.977. The molecular weight excluding hydrogens is 290 g/mol. The van der Waals surface area contributed by atoms with Gasteiger partial charge in [0.15, 0.2) is 0 Å². The summed E-state index contributed by atoms with van der Waals surface area (Å²) in [6.07, 6.45) is 2.09. The van der Waals surface area contributed by atoms with E-state index >= 15 is 0 Å². The van der Waals surface area contributed by atoms with E-state index in [1.807, 2.05) is 0 Å². The molecule has 2 bridgehead atoms. The Morgan fingerprint density at radius 2 is 1.64 bits per heavy atom. The number of carboxylic acids is 2. The molecule has 0 spiro atoms. The molecule has 0 saturated carbocycles. The lowest BCUT2D eigenvalue weighted by molar-refractivity contribution is -0.145.